The fourth-order valence-electron chi connectivity index (χ4n) is 3.41. The van der Waals surface area contributed by atoms with E-state index in [-0.39, 0.29) is 12.5 Å². The molecule has 0 saturated carbocycles. The average Bonchev–Trinajstić information content (AvgIpc) is 3.11. The highest BCUT2D eigenvalue weighted by Gasteiger charge is 2.29. The Balaban J connectivity index is 1.50. The molecule has 0 unspecified atom stereocenters. The first kappa shape index (κ1) is 17.3. The lowest BCUT2D eigenvalue weighted by molar-refractivity contribution is -0.125. The zero-order valence-electron chi connectivity index (χ0n) is 15.8. The summed E-state index contributed by atoms with van der Waals surface area (Å²) in [5, 5.41) is 3.01. The Morgan fingerprint density at radius 3 is 2.66 bits per heavy atom. The van der Waals surface area contributed by atoms with Crippen molar-refractivity contribution in [1.82, 2.24) is 9.38 Å². The lowest BCUT2D eigenvalue weighted by Gasteiger charge is -2.25. The quantitative estimate of drug-likeness (QED) is 0.577. The first-order valence-electron chi connectivity index (χ1n) is 9.42. The normalized spacial score (nSPS) is 15.3. The van der Waals surface area contributed by atoms with Crippen LogP contribution in [0, 0.1) is 6.92 Å². The van der Waals surface area contributed by atoms with E-state index in [1.54, 1.807) is 6.07 Å². The minimum atomic E-state index is -0.746. The summed E-state index contributed by atoms with van der Waals surface area (Å²) in [5.74, 6) is 1.54. The second-order valence-electron chi connectivity index (χ2n) is 6.96. The van der Waals surface area contributed by atoms with E-state index in [2.05, 4.69) is 5.32 Å². The number of nitrogens with one attached hydrogen (secondary N) is 1. The van der Waals surface area contributed by atoms with Crippen molar-refractivity contribution in [2.75, 3.05) is 11.9 Å². The molecule has 6 heteroatoms. The molecule has 2 aromatic heterocycles. The van der Waals surface area contributed by atoms with Gasteiger partial charge in [0.2, 0.25) is 6.10 Å². The summed E-state index contributed by atoms with van der Waals surface area (Å²) in [7, 11) is 0. The number of hydrogen-bond acceptors (Lipinski definition) is 4. The third kappa shape index (κ3) is 3.18. The van der Waals surface area contributed by atoms with Crippen LogP contribution in [0.3, 0.4) is 0 Å². The molecular formula is C23H19N3O3. The van der Waals surface area contributed by atoms with Gasteiger partial charge in [0, 0.05) is 11.8 Å². The standard InChI is InChI=1S/C23H19N3O3/c1-15-11-12-26-20(13-15)24-21(16-7-3-2-4-8-16)22(26)25-23(27)19-14-28-17-9-5-6-10-18(17)29-19/h2-13,19H,14H2,1H3,(H,25,27)/t19-/m0/s1. The van der Waals surface area contributed by atoms with Gasteiger partial charge in [-0.05, 0) is 36.8 Å². The van der Waals surface area contributed by atoms with E-state index in [4.69, 9.17) is 14.5 Å². The van der Waals surface area contributed by atoms with E-state index in [9.17, 15) is 4.79 Å². The van der Waals surface area contributed by atoms with Gasteiger partial charge in [-0.1, -0.05) is 42.5 Å². The number of benzene rings is 2. The minimum absolute atomic E-state index is 0.152. The number of aromatic nitrogens is 2. The zero-order chi connectivity index (χ0) is 19.8. The van der Waals surface area contributed by atoms with Gasteiger partial charge in [0.15, 0.2) is 11.5 Å². The fourth-order valence-corrected chi connectivity index (χ4v) is 3.41. The summed E-state index contributed by atoms with van der Waals surface area (Å²) < 4.78 is 13.4. The second-order valence-corrected chi connectivity index (χ2v) is 6.96. The number of carbonyl (C=O) groups is 1. The molecule has 0 aliphatic carbocycles. The van der Waals surface area contributed by atoms with Crippen LogP contribution in [0.2, 0.25) is 0 Å². The van der Waals surface area contributed by atoms with Crippen molar-refractivity contribution in [1.29, 1.82) is 0 Å². The number of carbonyl (C=O) groups excluding carboxylic acids is 1. The highest BCUT2D eigenvalue weighted by atomic mass is 16.6. The summed E-state index contributed by atoms with van der Waals surface area (Å²) >= 11 is 0. The Morgan fingerprint density at radius 2 is 1.83 bits per heavy atom. The lowest BCUT2D eigenvalue weighted by Crippen LogP contribution is -2.40. The van der Waals surface area contributed by atoms with Crippen molar-refractivity contribution in [2.24, 2.45) is 0 Å². The van der Waals surface area contributed by atoms with Gasteiger partial charge in [-0.2, -0.15) is 0 Å². The molecule has 0 fully saturated rings. The first-order valence-corrected chi connectivity index (χ1v) is 9.42. The van der Waals surface area contributed by atoms with Crippen LogP contribution >= 0.6 is 0 Å². The van der Waals surface area contributed by atoms with Gasteiger partial charge in [0.05, 0.1) is 0 Å². The molecule has 1 N–H and O–H groups in total. The molecule has 1 atom stereocenters. The van der Waals surface area contributed by atoms with Crippen LogP contribution in [0.25, 0.3) is 16.9 Å². The molecule has 1 aliphatic rings. The average molecular weight is 385 g/mol. The molecule has 2 aromatic carbocycles. The number of para-hydroxylation sites is 2. The van der Waals surface area contributed by atoms with Gasteiger partial charge >= 0.3 is 0 Å². The van der Waals surface area contributed by atoms with Crippen molar-refractivity contribution >= 4 is 17.4 Å². The molecule has 0 bridgehead atoms. The summed E-state index contributed by atoms with van der Waals surface area (Å²) in [5.41, 5.74) is 3.50. The van der Waals surface area contributed by atoms with E-state index in [1.165, 1.54) is 0 Å². The van der Waals surface area contributed by atoms with Crippen molar-refractivity contribution < 1.29 is 14.3 Å². The maximum atomic E-state index is 13.0. The molecule has 0 radical (unpaired) electrons. The molecule has 0 spiro atoms. The number of rotatable bonds is 3. The topological polar surface area (TPSA) is 64.9 Å². The van der Waals surface area contributed by atoms with Crippen LogP contribution in [-0.4, -0.2) is 28.0 Å². The van der Waals surface area contributed by atoms with Gasteiger partial charge < -0.3 is 14.8 Å². The van der Waals surface area contributed by atoms with Crippen molar-refractivity contribution in [3.63, 3.8) is 0 Å². The third-order valence-electron chi connectivity index (χ3n) is 4.87. The molecular weight excluding hydrogens is 366 g/mol. The predicted molar refractivity (Wildman–Crippen MR) is 110 cm³/mol. The van der Waals surface area contributed by atoms with Crippen LogP contribution in [-0.2, 0) is 4.79 Å². The van der Waals surface area contributed by atoms with Crippen molar-refractivity contribution in [3.05, 3.63) is 78.5 Å². The number of hydrogen-bond donors (Lipinski definition) is 1. The number of amides is 1. The fraction of sp³-hybridized carbons (Fsp3) is 0.130. The molecule has 1 amide bonds. The van der Waals surface area contributed by atoms with Gasteiger partial charge in [-0.3, -0.25) is 9.20 Å². The van der Waals surface area contributed by atoms with E-state index in [0.29, 0.717) is 23.0 Å². The smallest absolute Gasteiger partial charge is 0.270 e. The molecule has 6 nitrogen and oxygen atoms in total. The second kappa shape index (κ2) is 6.98. The number of aryl methyl sites for hydroxylation is 1. The van der Waals surface area contributed by atoms with E-state index < -0.39 is 6.10 Å². The molecule has 1 aliphatic heterocycles. The number of anilines is 1. The van der Waals surface area contributed by atoms with Crippen LogP contribution in [0.5, 0.6) is 11.5 Å². The van der Waals surface area contributed by atoms with E-state index in [0.717, 1.165) is 16.8 Å². The van der Waals surface area contributed by atoms with Gasteiger partial charge in [0.1, 0.15) is 23.8 Å². The van der Waals surface area contributed by atoms with Crippen molar-refractivity contribution in [3.8, 4) is 22.8 Å². The highest BCUT2D eigenvalue weighted by molar-refractivity contribution is 5.97. The Labute approximate surface area is 167 Å². The van der Waals surface area contributed by atoms with Crippen LogP contribution in [0.15, 0.2) is 72.9 Å². The Morgan fingerprint density at radius 1 is 1.07 bits per heavy atom. The maximum Gasteiger partial charge on any atom is 0.270 e. The molecule has 144 valence electrons. The lowest BCUT2D eigenvalue weighted by atomic mass is 10.1. The Hall–Kier alpha value is -3.80. The number of ether oxygens (including phenoxy) is 2. The van der Waals surface area contributed by atoms with Gasteiger partial charge in [-0.15, -0.1) is 0 Å². The third-order valence-corrected chi connectivity index (χ3v) is 4.87. The minimum Gasteiger partial charge on any atom is -0.485 e. The number of pyridine rings is 1. The highest BCUT2D eigenvalue weighted by Crippen LogP contribution is 2.32. The van der Waals surface area contributed by atoms with Crippen molar-refractivity contribution in [2.45, 2.75) is 13.0 Å². The van der Waals surface area contributed by atoms with Crippen LogP contribution in [0.4, 0.5) is 5.82 Å². The number of fused-ring (bicyclic) bond motifs is 2. The van der Waals surface area contributed by atoms with Gasteiger partial charge in [-0.25, -0.2) is 4.98 Å². The molecule has 5 rings (SSSR count). The maximum absolute atomic E-state index is 13.0. The molecule has 0 saturated heterocycles. The first-order chi connectivity index (χ1) is 14.2. The SMILES string of the molecule is Cc1ccn2c(NC(=O)[C@@H]3COc4ccccc4O3)c(-c3ccccc3)nc2c1. The van der Waals surface area contributed by atoms with E-state index in [1.807, 2.05) is 78.2 Å². The molecule has 3 heterocycles. The predicted octanol–water partition coefficient (Wildman–Crippen LogP) is 4.09. The summed E-state index contributed by atoms with van der Waals surface area (Å²) in [6, 6.07) is 21.1. The van der Waals surface area contributed by atoms with Crippen LogP contribution in [0.1, 0.15) is 5.56 Å². The number of nitrogens with zero attached hydrogens (tertiary/aromatic N) is 2. The largest absolute Gasteiger partial charge is 0.485 e. The zero-order valence-corrected chi connectivity index (χ0v) is 15.8. The summed E-state index contributed by atoms with van der Waals surface area (Å²) in [6.45, 7) is 2.17. The Kier molecular flexibility index (Phi) is 4.17. The Bertz CT molecular complexity index is 1200. The summed E-state index contributed by atoms with van der Waals surface area (Å²) in [6.07, 6.45) is 1.16. The van der Waals surface area contributed by atoms with Crippen LogP contribution < -0.4 is 14.8 Å². The molecule has 29 heavy (non-hydrogen) atoms. The van der Waals surface area contributed by atoms with E-state index >= 15 is 0 Å². The number of imidazole rings is 1. The van der Waals surface area contributed by atoms with Gasteiger partial charge in [0.25, 0.3) is 5.91 Å². The summed E-state index contributed by atoms with van der Waals surface area (Å²) in [4.78, 5) is 17.8. The molecule has 4 aromatic rings. The monoisotopic (exact) mass is 385 g/mol.